The third-order valence-corrected chi connectivity index (χ3v) is 2.95. The van der Waals surface area contributed by atoms with Gasteiger partial charge in [0, 0.05) is 5.69 Å². The van der Waals surface area contributed by atoms with Gasteiger partial charge in [-0.25, -0.2) is 9.18 Å². The van der Waals surface area contributed by atoms with Crippen molar-refractivity contribution in [1.82, 2.24) is 0 Å². The quantitative estimate of drug-likeness (QED) is 0.849. The van der Waals surface area contributed by atoms with Crippen LogP contribution in [0.3, 0.4) is 0 Å². The van der Waals surface area contributed by atoms with Crippen molar-refractivity contribution in [2.45, 2.75) is 6.61 Å². The second-order valence-electron chi connectivity index (χ2n) is 4.09. The number of ether oxygens (including phenoxy) is 1. The molecule has 0 aliphatic carbocycles. The van der Waals surface area contributed by atoms with Crippen LogP contribution >= 0.6 is 11.6 Å². The number of carbonyl (C=O) groups is 1. The summed E-state index contributed by atoms with van der Waals surface area (Å²) in [7, 11) is 0. The van der Waals surface area contributed by atoms with Crippen LogP contribution < -0.4 is 10.5 Å². The van der Waals surface area contributed by atoms with Crippen molar-refractivity contribution >= 4 is 23.3 Å². The Hall–Kier alpha value is -2.27. The normalized spacial score (nSPS) is 10.3. The fourth-order valence-electron chi connectivity index (χ4n) is 1.61. The SMILES string of the molecule is Nc1ccc(OCc2ccc(Cl)c(F)c2)cc1C(=O)O. The maximum Gasteiger partial charge on any atom is 0.337 e. The molecule has 0 aliphatic heterocycles. The molecule has 104 valence electrons. The minimum atomic E-state index is -1.13. The first-order valence-electron chi connectivity index (χ1n) is 5.67. The van der Waals surface area contributed by atoms with Crippen molar-refractivity contribution in [1.29, 1.82) is 0 Å². The van der Waals surface area contributed by atoms with Gasteiger partial charge in [-0.05, 0) is 35.9 Å². The highest BCUT2D eigenvalue weighted by molar-refractivity contribution is 6.30. The van der Waals surface area contributed by atoms with Crippen LogP contribution in [-0.4, -0.2) is 11.1 Å². The average Bonchev–Trinajstić information content (AvgIpc) is 2.41. The van der Waals surface area contributed by atoms with E-state index in [1.165, 1.54) is 24.3 Å². The minimum absolute atomic E-state index is 0.0365. The van der Waals surface area contributed by atoms with Crippen LogP contribution in [0.15, 0.2) is 36.4 Å². The molecule has 0 saturated heterocycles. The van der Waals surface area contributed by atoms with Crippen molar-refractivity contribution in [2.24, 2.45) is 0 Å². The molecule has 0 amide bonds. The molecule has 20 heavy (non-hydrogen) atoms. The van der Waals surface area contributed by atoms with Crippen molar-refractivity contribution in [3.8, 4) is 5.75 Å². The Morgan fingerprint density at radius 2 is 2.05 bits per heavy atom. The number of carboxylic acids is 1. The van der Waals surface area contributed by atoms with Gasteiger partial charge in [0.25, 0.3) is 0 Å². The maximum absolute atomic E-state index is 13.2. The Balaban J connectivity index is 2.12. The van der Waals surface area contributed by atoms with Gasteiger partial charge in [-0.3, -0.25) is 0 Å². The summed E-state index contributed by atoms with van der Waals surface area (Å²) < 4.78 is 18.7. The summed E-state index contributed by atoms with van der Waals surface area (Å²) in [5, 5.41) is 8.98. The molecule has 3 N–H and O–H groups in total. The second-order valence-corrected chi connectivity index (χ2v) is 4.50. The lowest BCUT2D eigenvalue weighted by Gasteiger charge is -2.09. The van der Waals surface area contributed by atoms with E-state index in [1.54, 1.807) is 12.1 Å². The molecular formula is C14H11ClFNO3. The molecule has 6 heteroatoms. The van der Waals surface area contributed by atoms with Gasteiger partial charge in [0.1, 0.15) is 18.2 Å². The van der Waals surface area contributed by atoms with Gasteiger partial charge in [-0.2, -0.15) is 0 Å². The van der Waals surface area contributed by atoms with E-state index in [-0.39, 0.29) is 22.9 Å². The lowest BCUT2D eigenvalue weighted by Crippen LogP contribution is -2.03. The zero-order valence-corrected chi connectivity index (χ0v) is 11.0. The van der Waals surface area contributed by atoms with Crippen LogP contribution in [-0.2, 0) is 6.61 Å². The van der Waals surface area contributed by atoms with Crippen LogP contribution in [0.5, 0.6) is 5.75 Å². The van der Waals surface area contributed by atoms with Crippen LogP contribution in [0.1, 0.15) is 15.9 Å². The molecule has 2 aromatic carbocycles. The van der Waals surface area contributed by atoms with Crippen LogP contribution in [0.25, 0.3) is 0 Å². The van der Waals surface area contributed by atoms with E-state index in [0.717, 1.165) is 0 Å². The van der Waals surface area contributed by atoms with E-state index < -0.39 is 11.8 Å². The Kier molecular flexibility index (Phi) is 4.10. The molecule has 0 fully saturated rings. The van der Waals surface area contributed by atoms with Crippen molar-refractivity contribution in [3.63, 3.8) is 0 Å². The minimum Gasteiger partial charge on any atom is -0.489 e. The number of carboxylic acid groups (broad SMARTS) is 1. The fraction of sp³-hybridized carbons (Fsp3) is 0.0714. The molecule has 0 spiro atoms. The van der Waals surface area contributed by atoms with E-state index in [0.29, 0.717) is 11.3 Å². The monoisotopic (exact) mass is 295 g/mol. The Morgan fingerprint density at radius 1 is 1.30 bits per heavy atom. The lowest BCUT2D eigenvalue weighted by atomic mass is 10.1. The van der Waals surface area contributed by atoms with Crippen molar-refractivity contribution in [3.05, 3.63) is 58.4 Å². The molecule has 0 radical (unpaired) electrons. The van der Waals surface area contributed by atoms with E-state index in [4.69, 9.17) is 27.2 Å². The van der Waals surface area contributed by atoms with Gasteiger partial charge >= 0.3 is 5.97 Å². The van der Waals surface area contributed by atoms with Crippen LogP contribution in [0.4, 0.5) is 10.1 Å². The Morgan fingerprint density at radius 3 is 2.70 bits per heavy atom. The molecule has 0 aromatic heterocycles. The van der Waals surface area contributed by atoms with Gasteiger partial charge in [-0.1, -0.05) is 17.7 Å². The second kappa shape index (κ2) is 5.79. The lowest BCUT2D eigenvalue weighted by molar-refractivity contribution is 0.0697. The number of hydrogen-bond donors (Lipinski definition) is 2. The molecule has 0 atom stereocenters. The highest BCUT2D eigenvalue weighted by Crippen LogP contribution is 2.21. The molecule has 0 bridgehead atoms. The van der Waals surface area contributed by atoms with Gasteiger partial charge in [0.15, 0.2) is 0 Å². The van der Waals surface area contributed by atoms with Crippen LogP contribution in [0.2, 0.25) is 5.02 Å². The Labute approximate surface area is 119 Å². The summed E-state index contributed by atoms with van der Waals surface area (Å²) >= 11 is 5.58. The number of benzene rings is 2. The number of anilines is 1. The van der Waals surface area contributed by atoms with Crippen LogP contribution in [0, 0.1) is 5.82 Å². The largest absolute Gasteiger partial charge is 0.489 e. The summed E-state index contributed by atoms with van der Waals surface area (Å²) in [5.74, 6) is -1.33. The predicted molar refractivity (Wildman–Crippen MR) is 73.6 cm³/mol. The summed E-state index contributed by atoms with van der Waals surface area (Å²) in [6, 6.07) is 8.64. The van der Waals surface area contributed by atoms with Gasteiger partial charge in [-0.15, -0.1) is 0 Å². The maximum atomic E-state index is 13.2. The number of nitrogens with two attached hydrogens (primary N) is 1. The Bertz CT molecular complexity index is 661. The molecule has 0 aliphatic rings. The molecule has 4 nitrogen and oxygen atoms in total. The smallest absolute Gasteiger partial charge is 0.337 e. The molecule has 2 rings (SSSR count). The molecule has 0 unspecified atom stereocenters. The first-order valence-corrected chi connectivity index (χ1v) is 6.04. The predicted octanol–water partition coefficient (Wildman–Crippen LogP) is 3.34. The van der Waals surface area contributed by atoms with Crippen molar-refractivity contribution in [2.75, 3.05) is 5.73 Å². The highest BCUT2D eigenvalue weighted by Gasteiger charge is 2.09. The van der Waals surface area contributed by atoms with E-state index >= 15 is 0 Å². The molecular weight excluding hydrogens is 285 g/mol. The number of halogens is 2. The van der Waals surface area contributed by atoms with Gasteiger partial charge < -0.3 is 15.6 Å². The number of rotatable bonds is 4. The first kappa shape index (κ1) is 14.1. The third-order valence-electron chi connectivity index (χ3n) is 2.64. The summed E-state index contributed by atoms with van der Waals surface area (Å²) in [5.41, 5.74) is 6.24. The number of nitrogen functional groups attached to an aromatic ring is 1. The van der Waals surface area contributed by atoms with Gasteiger partial charge in [0.05, 0.1) is 10.6 Å². The fourth-order valence-corrected chi connectivity index (χ4v) is 1.72. The average molecular weight is 296 g/mol. The standard InChI is InChI=1S/C14H11ClFNO3/c15-11-3-1-8(5-12(11)16)7-20-9-2-4-13(17)10(6-9)14(18)19/h1-6H,7,17H2,(H,18,19). The number of aromatic carboxylic acids is 1. The summed E-state index contributed by atoms with van der Waals surface area (Å²) in [6.07, 6.45) is 0. The molecule has 0 saturated carbocycles. The van der Waals surface area contributed by atoms with E-state index in [2.05, 4.69) is 0 Å². The van der Waals surface area contributed by atoms with Crippen molar-refractivity contribution < 1.29 is 19.0 Å². The molecule has 2 aromatic rings. The topological polar surface area (TPSA) is 72.5 Å². The first-order chi connectivity index (χ1) is 9.47. The molecule has 0 heterocycles. The van der Waals surface area contributed by atoms with Gasteiger partial charge in [0.2, 0.25) is 0 Å². The summed E-state index contributed by atoms with van der Waals surface area (Å²) in [6.45, 7) is 0.0943. The van der Waals surface area contributed by atoms with E-state index in [1.807, 2.05) is 0 Å². The third kappa shape index (κ3) is 3.19. The zero-order chi connectivity index (χ0) is 14.7. The number of hydrogen-bond acceptors (Lipinski definition) is 3. The van der Waals surface area contributed by atoms with E-state index in [9.17, 15) is 9.18 Å². The summed E-state index contributed by atoms with van der Waals surface area (Å²) in [4.78, 5) is 10.9. The highest BCUT2D eigenvalue weighted by atomic mass is 35.5. The zero-order valence-electron chi connectivity index (χ0n) is 10.3.